The first-order chi connectivity index (χ1) is 42.6. The lowest BCUT2D eigenvalue weighted by atomic mass is 9.93. The van der Waals surface area contributed by atoms with E-state index >= 15 is 0 Å². The third-order valence-electron chi connectivity index (χ3n) is 16.0. The van der Waals surface area contributed by atoms with Crippen molar-refractivity contribution in [3.8, 4) is 108 Å². The number of hydrogen-bond acceptors (Lipinski definition) is 7. The summed E-state index contributed by atoms with van der Waals surface area (Å²) in [4.78, 5) is 30.2. The molecule has 0 unspecified atom stereocenters. The fraction of sp³-hybridized carbons (Fsp3) is 0.0267. The number of para-hydroxylation sites is 2. The molecule has 0 saturated heterocycles. The van der Waals surface area contributed by atoms with Crippen LogP contribution < -0.4 is 0 Å². The normalized spacial score (nSPS) is 11.7. The van der Waals surface area contributed by atoms with Gasteiger partial charge in [0.15, 0.2) is 34.9 Å². The van der Waals surface area contributed by atoms with Crippen molar-refractivity contribution in [2.45, 2.75) is 13.1 Å². The molecule has 0 N–H and O–H groups in total. The lowest BCUT2D eigenvalue weighted by molar-refractivity contribution is -0.137. The third-order valence-corrected chi connectivity index (χ3v) is 16.0. The van der Waals surface area contributed by atoms with E-state index in [-0.39, 0.29) is 0 Å². The van der Waals surface area contributed by atoms with Gasteiger partial charge >= 0.3 is 6.18 Å². The molecular formula is C75H46F3N9. The zero-order valence-electron chi connectivity index (χ0n) is 46.5. The van der Waals surface area contributed by atoms with E-state index in [1.807, 2.05) is 188 Å². The van der Waals surface area contributed by atoms with Gasteiger partial charge in [0.25, 0.3) is 0 Å². The smallest absolute Gasteiger partial charge is 0.309 e. The van der Waals surface area contributed by atoms with Crippen LogP contribution in [0.25, 0.3) is 146 Å². The van der Waals surface area contributed by atoms with Crippen molar-refractivity contribution in [2.24, 2.45) is 0 Å². The Morgan fingerprint density at radius 2 is 0.678 bits per heavy atom. The molecule has 0 fully saturated rings. The summed E-state index contributed by atoms with van der Waals surface area (Å²) in [6.45, 7) is 1.71. The molecule has 9 nitrogen and oxygen atoms in total. The van der Waals surface area contributed by atoms with Gasteiger partial charge in [0, 0.05) is 66.1 Å². The van der Waals surface area contributed by atoms with Crippen LogP contribution in [-0.4, -0.2) is 39.0 Å². The topological polar surface area (TPSA) is 111 Å². The highest BCUT2D eigenvalue weighted by molar-refractivity contribution is 6.13. The van der Waals surface area contributed by atoms with Crippen LogP contribution in [0.15, 0.2) is 261 Å². The number of fused-ring (bicyclic) bond motifs is 6. The Bertz CT molecular complexity index is 5110. The second-order valence-corrected chi connectivity index (χ2v) is 21.3. The number of aryl methyl sites for hydroxylation is 1. The summed E-state index contributed by atoms with van der Waals surface area (Å²) in [6, 6.07) is 86.6. The first-order valence-electron chi connectivity index (χ1n) is 28.3. The fourth-order valence-corrected chi connectivity index (χ4v) is 11.9. The van der Waals surface area contributed by atoms with Gasteiger partial charge in [-0.3, -0.25) is 0 Å². The van der Waals surface area contributed by atoms with Crippen LogP contribution in [0.2, 0.25) is 0 Å². The van der Waals surface area contributed by atoms with E-state index in [9.17, 15) is 18.4 Å². The Morgan fingerprint density at radius 1 is 0.322 bits per heavy atom. The molecule has 0 atom stereocenters. The van der Waals surface area contributed by atoms with Gasteiger partial charge in [-0.15, -0.1) is 0 Å². The molecule has 4 aromatic heterocycles. The molecule has 87 heavy (non-hydrogen) atoms. The molecule has 15 rings (SSSR count). The molecule has 0 aliphatic carbocycles. The van der Waals surface area contributed by atoms with E-state index in [1.54, 1.807) is 13.0 Å². The summed E-state index contributed by atoms with van der Waals surface area (Å²) >= 11 is 0. The zero-order valence-corrected chi connectivity index (χ0v) is 46.5. The predicted octanol–water partition coefficient (Wildman–Crippen LogP) is 18.8. The average Bonchev–Trinajstić information content (AvgIpc) is 2.86. The van der Waals surface area contributed by atoms with Crippen molar-refractivity contribution in [2.75, 3.05) is 0 Å². The molecular weight excluding hydrogens is 1080 g/mol. The number of nitriles is 1. The fourth-order valence-electron chi connectivity index (χ4n) is 11.9. The molecule has 4 heterocycles. The zero-order chi connectivity index (χ0) is 58.8. The monoisotopic (exact) mass is 1130 g/mol. The maximum atomic E-state index is 14.2. The van der Waals surface area contributed by atoms with Gasteiger partial charge < -0.3 is 9.13 Å². The maximum Gasteiger partial charge on any atom is 0.416 e. The van der Waals surface area contributed by atoms with E-state index < -0.39 is 11.7 Å². The second kappa shape index (κ2) is 21.2. The molecule has 0 amide bonds. The summed E-state index contributed by atoms with van der Waals surface area (Å²) in [7, 11) is 0. The molecule has 0 radical (unpaired) electrons. The van der Waals surface area contributed by atoms with Gasteiger partial charge in [-0.1, -0.05) is 182 Å². The van der Waals surface area contributed by atoms with E-state index in [1.165, 1.54) is 6.07 Å². The van der Waals surface area contributed by atoms with Crippen LogP contribution in [0, 0.1) is 18.3 Å². The van der Waals surface area contributed by atoms with Gasteiger partial charge in [-0.05, 0) is 102 Å². The number of aromatic nitrogens is 8. The minimum absolute atomic E-state index is 0.454. The second-order valence-electron chi connectivity index (χ2n) is 21.3. The molecule has 0 spiro atoms. The first-order valence-corrected chi connectivity index (χ1v) is 28.3. The highest BCUT2D eigenvalue weighted by atomic mass is 19.4. The number of halogens is 3. The van der Waals surface area contributed by atoms with Crippen molar-refractivity contribution < 1.29 is 13.2 Å². The van der Waals surface area contributed by atoms with Crippen molar-refractivity contribution in [1.82, 2.24) is 39.0 Å². The molecule has 0 aliphatic rings. The Balaban J connectivity index is 0.949. The van der Waals surface area contributed by atoms with Gasteiger partial charge in [-0.25, -0.2) is 29.9 Å². The number of nitrogens with zero attached hydrogens (tertiary/aromatic N) is 9. The Morgan fingerprint density at radius 3 is 1.09 bits per heavy atom. The van der Waals surface area contributed by atoms with Crippen molar-refractivity contribution in [3.63, 3.8) is 0 Å². The van der Waals surface area contributed by atoms with Gasteiger partial charge in [0.05, 0.1) is 50.6 Å². The molecule has 0 saturated carbocycles. The predicted molar refractivity (Wildman–Crippen MR) is 340 cm³/mol. The van der Waals surface area contributed by atoms with Crippen LogP contribution in [0.4, 0.5) is 13.2 Å². The summed E-state index contributed by atoms with van der Waals surface area (Å²) in [5.41, 5.74) is 13.3. The van der Waals surface area contributed by atoms with Crippen LogP contribution in [0.1, 0.15) is 16.7 Å². The number of alkyl halides is 3. The van der Waals surface area contributed by atoms with E-state index in [0.717, 1.165) is 111 Å². The summed E-state index contributed by atoms with van der Waals surface area (Å²) in [5.74, 6) is 3.21. The molecule has 0 bridgehead atoms. The van der Waals surface area contributed by atoms with Crippen LogP contribution in [0.3, 0.4) is 0 Å². The molecule has 0 aliphatic heterocycles. The van der Waals surface area contributed by atoms with Crippen LogP contribution in [0.5, 0.6) is 0 Å². The number of benzene rings is 11. The minimum Gasteiger partial charge on any atom is -0.309 e. The van der Waals surface area contributed by atoms with Gasteiger partial charge in [-0.2, -0.15) is 18.4 Å². The van der Waals surface area contributed by atoms with Gasteiger partial charge in [0.2, 0.25) is 0 Å². The first kappa shape index (κ1) is 52.1. The standard InChI is InChI=1S/C75H46F3N9/c1-46-40-55(75(76,77)78)34-37-56(46)52-31-36-60(68(44-52)87-64-29-17-15-27-58(64)62-43-54(33-39-66(62)87)74-84-71(50-22-10-4-11-23-50)81-72(85-74)51-24-12-5-13-25-51)59-35-30-47(45-79)41-67(59)86-63-28-16-14-26-57(63)61-42-53(32-38-65(61)86)73-82-69(48-18-6-2-7-19-48)80-70(83-73)49-20-8-3-9-21-49/h2-44H,1H3. The lowest BCUT2D eigenvalue weighted by Crippen LogP contribution is -2.05. The molecule has 11 aromatic carbocycles. The summed E-state index contributed by atoms with van der Waals surface area (Å²) in [5, 5.41) is 14.5. The van der Waals surface area contributed by atoms with Crippen molar-refractivity contribution in [3.05, 3.63) is 278 Å². The summed E-state index contributed by atoms with van der Waals surface area (Å²) in [6.07, 6.45) is -4.52. The maximum absolute atomic E-state index is 14.2. The number of hydrogen-bond donors (Lipinski definition) is 0. The van der Waals surface area contributed by atoms with E-state index in [2.05, 4.69) is 69.8 Å². The highest BCUT2D eigenvalue weighted by Crippen LogP contribution is 2.45. The van der Waals surface area contributed by atoms with E-state index in [4.69, 9.17) is 29.9 Å². The Kier molecular flexibility index (Phi) is 12.7. The molecule has 15 aromatic rings. The number of rotatable bonds is 10. The van der Waals surface area contributed by atoms with Gasteiger partial charge in [0.1, 0.15) is 0 Å². The quantitative estimate of drug-likeness (QED) is 0.134. The molecule has 12 heteroatoms. The molecule has 412 valence electrons. The van der Waals surface area contributed by atoms with Crippen LogP contribution in [-0.2, 0) is 6.18 Å². The minimum atomic E-state index is -4.52. The largest absolute Gasteiger partial charge is 0.416 e. The average molecular weight is 1130 g/mol. The van der Waals surface area contributed by atoms with Crippen molar-refractivity contribution >= 4 is 43.6 Å². The summed E-state index contributed by atoms with van der Waals surface area (Å²) < 4.78 is 47.1. The van der Waals surface area contributed by atoms with E-state index in [0.29, 0.717) is 51.6 Å². The Labute approximate surface area is 497 Å². The van der Waals surface area contributed by atoms with Crippen LogP contribution >= 0.6 is 0 Å². The van der Waals surface area contributed by atoms with Crippen molar-refractivity contribution in [1.29, 1.82) is 5.26 Å². The highest BCUT2D eigenvalue weighted by Gasteiger charge is 2.31. The third kappa shape index (κ3) is 9.40. The SMILES string of the molecule is Cc1cc(C(F)(F)F)ccc1-c1ccc(-c2ccc(C#N)cc2-n2c3ccccc3c3cc(-c4nc(-c5ccccc5)nc(-c5ccccc5)n4)ccc32)c(-n2c3ccccc3c3cc(-c4nc(-c5ccccc5)nc(-c5ccccc5)n4)ccc32)c1. The lowest BCUT2D eigenvalue weighted by Gasteiger charge is -2.20. The Hall–Kier alpha value is -11.7.